The molecule has 0 fully saturated rings. The molecule has 0 aliphatic carbocycles. The Morgan fingerprint density at radius 3 is 2.79 bits per heavy atom. The monoisotopic (exact) mass is 189 g/mol. The average Bonchev–Trinajstić information content (AvgIpc) is 2.66. The molecule has 3 heteroatoms. The van der Waals surface area contributed by atoms with Gasteiger partial charge in [-0.1, -0.05) is 13.8 Å². The fourth-order valence-corrected chi connectivity index (χ4v) is 1.75. The third-order valence-electron chi connectivity index (χ3n) is 2.68. The Morgan fingerprint density at radius 2 is 2.07 bits per heavy atom. The van der Waals surface area contributed by atoms with Crippen molar-refractivity contribution >= 4 is 5.65 Å². The third-order valence-corrected chi connectivity index (χ3v) is 2.68. The minimum absolute atomic E-state index is 0.571. The van der Waals surface area contributed by atoms with Crippen molar-refractivity contribution in [2.75, 3.05) is 0 Å². The summed E-state index contributed by atoms with van der Waals surface area (Å²) in [4.78, 5) is 4.17. The summed E-state index contributed by atoms with van der Waals surface area (Å²) in [7, 11) is 0. The highest BCUT2D eigenvalue weighted by Crippen LogP contribution is 2.20. The van der Waals surface area contributed by atoms with Gasteiger partial charge in [0.2, 0.25) is 0 Å². The van der Waals surface area contributed by atoms with E-state index in [0.717, 1.165) is 18.5 Å². The summed E-state index contributed by atoms with van der Waals surface area (Å²) in [5, 5.41) is 4.53. The van der Waals surface area contributed by atoms with Gasteiger partial charge in [-0.15, -0.1) is 0 Å². The predicted octanol–water partition coefficient (Wildman–Crippen LogP) is 2.63. The number of aromatic nitrogens is 3. The second kappa shape index (κ2) is 3.78. The maximum Gasteiger partial charge on any atom is 0.153 e. The van der Waals surface area contributed by atoms with Crippen molar-refractivity contribution < 1.29 is 0 Å². The third kappa shape index (κ3) is 1.50. The van der Waals surface area contributed by atoms with Gasteiger partial charge in [-0.2, -0.15) is 5.10 Å². The molecular formula is C11H15N3. The number of hydrogen-bond donors (Lipinski definition) is 0. The summed E-state index contributed by atoms with van der Waals surface area (Å²) < 4.78 is 1.84. The van der Waals surface area contributed by atoms with E-state index in [4.69, 9.17) is 0 Å². The van der Waals surface area contributed by atoms with Crippen molar-refractivity contribution in [1.82, 2.24) is 14.6 Å². The number of hydrogen-bond acceptors (Lipinski definition) is 2. The fraction of sp³-hybridized carbons (Fsp3) is 0.455. The highest BCUT2D eigenvalue weighted by molar-refractivity contribution is 5.36. The molecule has 14 heavy (non-hydrogen) atoms. The zero-order valence-corrected chi connectivity index (χ0v) is 8.64. The lowest BCUT2D eigenvalue weighted by molar-refractivity contribution is 0.608. The zero-order chi connectivity index (χ0) is 9.97. The summed E-state index contributed by atoms with van der Waals surface area (Å²) in [5.41, 5.74) is 2.08. The highest BCUT2D eigenvalue weighted by atomic mass is 15.2. The molecule has 0 aliphatic heterocycles. The molecule has 3 nitrogen and oxygen atoms in total. The minimum Gasteiger partial charge on any atom is -0.236 e. The Balaban J connectivity index is 2.42. The smallest absolute Gasteiger partial charge is 0.153 e. The van der Waals surface area contributed by atoms with Crippen LogP contribution in [0.1, 0.15) is 38.3 Å². The molecule has 0 unspecified atom stereocenters. The van der Waals surface area contributed by atoms with Crippen molar-refractivity contribution in [3.63, 3.8) is 0 Å². The summed E-state index contributed by atoms with van der Waals surface area (Å²) in [5.74, 6) is 0.571. The van der Waals surface area contributed by atoms with Crippen LogP contribution in [0.2, 0.25) is 0 Å². The van der Waals surface area contributed by atoms with E-state index in [1.165, 1.54) is 5.69 Å². The molecule has 0 radical (unpaired) electrons. The topological polar surface area (TPSA) is 30.2 Å². The average molecular weight is 189 g/mol. The van der Waals surface area contributed by atoms with Crippen LogP contribution in [0.15, 0.2) is 24.5 Å². The first kappa shape index (κ1) is 9.19. The zero-order valence-electron chi connectivity index (χ0n) is 8.64. The molecule has 2 heterocycles. The van der Waals surface area contributed by atoms with Crippen LogP contribution in [0.4, 0.5) is 0 Å². The van der Waals surface area contributed by atoms with Crippen LogP contribution in [-0.2, 0) is 0 Å². The van der Waals surface area contributed by atoms with Crippen LogP contribution in [0.5, 0.6) is 0 Å². The van der Waals surface area contributed by atoms with E-state index < -0.39 is 0 Å². The van der Waals surface area contributed by atoms with E-state index in [9.17, 15) is 0 Å². The Labute approximate surface area is 83.8 Å². The largest absolute Gasteiger partial charge is 0.236 e. The van der Waals surface area contributed by atoms with Crippen LogP contribution in [-0.4, -0.2) is 14.6 Å². The maximum absolute atomic E-state index is 4.53. The second-order valence-electron chi connectivity index (χ2n) is 3.50. The van der Waals surface area contributed by atoms with Gasteiger partial charge < -0.3 is 0 Å². The number of imidazole rings is 1. The van der Waals surface area contributed by atoms with E-state index >= 15 is 0 Å². The Morgan fingerprint density at radius 1 is 1.29 bits per heavy atom. The van der Waals surface area contributed by atoms with Crippen molar-refractivity contribution in [3.05, 3.63) is 30.2 Å². The lowest BCUT2D eigenvalue weighted by Crippen LogP contribution is -2.02. The van der Waals surface area contributed by atoms with E-state index in [0.29, 0.717) is 5.92 Å². The van der Waals surface area contributed by atoms with Crippen molar-refractivity contribution in [1.29, 1.82) is 0 Å². The summed E-state index contributed by atoms with van der Waals surface area (Å²) in [6.07, 6.45) is 5.95. The Kier molecular flexibility index (Phi) is 2.48. The molecule has 0 atom stereocenters. The first-order valence-corrected chi connectivity index (χ1v) is 5.15. The second-order valence-corrected chi connectivity index (χ2v) is 3.50. The Bertz CT molecular complexity index is 415. The van der Waals surface area contributed by atoms with Gasteiger partial charge in [-0.3, -0.25) is 0 Å². The van der Waals surface area contributed by atoms with Crippen molar-refractivity contribution in [2.45, 2.75) is 32.6 Å². The van der Waals surface area contributed by atoms with Crippen molar-refractivity contribution in [3.8, 4) is 0 Å². The summed E-state index contributed by atoms with van der Waals surface area (Å²) >= 11 is 0. The molecule has 74 valence electrons. The molecule has 0 aliphatic rings. The van der Waals surface area contributed by atoms with Crippen LogP contribution < -0.4 is 0 Å². The maximum atomic E-state index is 4.53. The van der Waals surface area contributed by atoms with Crippen LogP contribution in [0.3, 0.4) is 0 Å². The molecule has 0 spiro atoms. The summed E-state index contributed by atoms with van der Waals surface area (Å²) in [6.45, 7) is 4.40. The van der Waals surface area contributed by atoms with E-state index in [2.05, 4.69) is 30.0 Å². The minimum atomic E-state index is 0.571. The first-order chi connectivity index (χ1) is 6.85. The molecule has 0 saturated carbocycles. The molecule has 0 aromatic carbocycles. The van der Waals surface area contributed by atoms with E-state index in [-0.39, 0.29) is 0 Å². The quantitative estimate of drug-likeness (QED) is 0.743. The van der Waals surface area contributed by atoms with Gasteiger partial charge in [0.25, 0.3) is 0 Å². The molecule has 0 N–H and O–H groups in total. The van der Waals surface area contributed by atoms with E-state index in [1.807, 2.05) is 16.8 Å². The SMILES string of the molecule is CCC(CC)c1ccc2nccn2n1. The van der Waals surface area contributed by atoms with Gasteiger partial charge in [0.15, 0.2) is 5.65 Å². The lowest BCUT2D eigenvalue weighted by Gasteiger charge is -2.10. The van der Waals surface area contributed by atoms with Crippen LogP contribution >= 0.6 is 0 Å². The normalized spacial score (nSPS) is 11.4. The molecule has 2 aromatic heterocycles. The van der Waals surface area contributed by atoms with Crippen LogP contribution in [0, 0.1) is 0 Å². The number of rotatable bonds is 3. The van der Waals surface area contributed by atoms with Gasteiger partial charge in [0.05, 0.1) is 5.69 Å². The number of fused-ring (bicyclic) bond motifs is 1. The standard InChI is InChI=1S/C11H15N3/c1-3-9(4-2)10-5-6-11-12-7-8-14(11)13-10/h5-9H,3-4H2,1-2H3. The molecular weight excluding hydrogens is 174 g/mol. The first-order valence-electron chi connectivity index (χ1n) is 5.15. The fourth-order valence-electron chi connectivity index (χ4n) is 1.75. The van der Waals surface area contributed by atoms with Crippen LogP contribution in [0.25, 0.3) is 5.65 Å². The van der Waals surface area contributed by atoms with Gasteiger partial charge >= 0.3 is 0 Å². The molecule has 0 bridgehead atoms. The predicted molar refractivity (Wildman–Crippen MR) is 56.3 cm³/mol. The molecule has 0 amide bonds. The summed E-state index contributed by atoms with van der Waals surface area (Å²) in [6, 6.07) is 4.11. The van der Waals surface area contributed by atoms with Gasteiger partial charge in [-0.25, -0.2) is 9.50 Å². The highest BCUT2D eigenvalue weighted by Gasteiger charge is 2.08. The van der Waals surface area contributed by atoms with Gasteiger partial charge in [0, 0.05) is 18.3 Å². The molecule has 2 rings (SSSR count). The van der Waals surface area contributed by atoms with Gasteiger partial charge in [-0.05, 0) is 25.0 Å². The van der Waals surface area contributed by atoms with Crippen molar-refractivity contribution in [2.24, 2.45) is 0 Å². The van der Waals surface area contributed by atoms with Gasteiger partial charge in [0.1, 0.15) is 0 Å². The molecule has 0 saturated heterocycles. The Hall–Kier alpha value is -1.38. The molecule has 2 aromatic rings. The van der Waals surface area contributed by atoms with E-state index in [1.54, 1.807) is 6.20 Å². The number of nitrogens with zero attached hydrogens (tertiary/aromatic N) is 3. The lowest BCUT2D eigenvalue weighted by atomic mass is 9.99.